The van der Waals surface area contributed by atoms with Crippen molar-refractivity contribution in [3.8, 4) is 0 Å². The summed E-state index contributed by atoms with van der Waals surface area (Å²) in [7, 11) is -1.90. The zero-order valence-electron chi connectivity index (χ0n) is 11.9. The lowest BCUT2D eigenvalue weighted by atomic mass is 10.2. The summed E-state index contributed by atoms with van der Waals surface area (Å²) >= 11 is 4.84. The molecule has 3 aromatic rings. The van der Waals surface area contributed by atoms with Gasteiger partial charge in [-0.25, -0.2) is 0 Å². The lowest BCUT2D eigenvalue weighted by Crippen LogP contribution is -2.13. The number of aromatic nitrogens is 1. The molecular formula is C15H13BrN2O2S2. The monoisotopic (exact) mass is 396 g/mol. The third kappa shape index (κ3) is 2.76. The van der Waals surface area contributed by atoms with Gasteiger partial charge in [-0.05, 0) is 47.1 Å². The average molecular weight is 397 g/mol. The average Bonchev–Trinajstić information content (AvgIpc) is 2.76. The summed E-state index contributed by atoms with van der Waals surface area (Å²) in [5.41, 5.74) is 1.95. The van der Waals surface area contributed by atoms with E-state index in [4.69, 9.17) is 0 Å². The predicted molar refractivity (Wildman–Crippen MR) is 92.4 cm³/mol. The molecule has 0 N–H and O–H groups in total. The van der Waals surface area contributed by atoms with Gasteiger partial charge in [0.2, 0.25) is 4.80 Å². The fourth-order valence-corrected chi connectivity index (χ4v) is 5.15. The predicted octanol–water partition coefficient (Wildman–Crippen LogP) is 3.60. The molecule has 2 aromatic carbocycles. The molecule has 0 atom stereocenters. The number of thiazole rings is 1. The summed E-state index contributed by atoms with van der Waals surface area (Å²) in [6.45, 7) is 1.91. The SMILES string of the molecule is Cc1ccc(S(=O)(=O)/N=c2\sc3cccc(Br)c3n2C)cc1. The van der Waals surface area contributed by atoms with Crippen molar-refractivity contribution in [2.45, 2.75) is 11.8 Å². The Morgan fingerprint density at radius 1 is 1.14 bits per heavy atom. The molecule has 0 bridgehead atoms. The highest BCUT2D eigenvalue weighted by atomic mass is 79.9. The molecular weight excluding hydrogens is 384 g/mol. The second kappa shape index (κ2) is 5.64. The Hall–Kier alpha value is -1.44. The molecule has 7 heteroatoms. The van der Waals surface area contributed by atoms with Crippen molar-refractivity contribution in [3.63, 3.8) is 0 Å². The van der Waals surface area contributed by atoms with Crippen molar-refractivity contribution in [3.05, 3.63) is 57.3 Å². The second-order valence-corrected chi connectivity index (χ2v) is 8.38. The van der Waals surface area contributed by atoms with Gasteiger partial charge in [-0.15, -0.1) is 4.40 Å². The minimum absolute atomic E-state index is 0.203. The maximum Gasteiger partial charge on any atom is 0.285 e. The van der Waals surface area contributed by atoms with E-state index in [0.29, 0.717) is 4.80 Å². The first kappa shape index (κ1) is 15.5. The molecule has 0 aliphatic rings. The number of fused-ring (bicyclic) bond motifs is 1. The summed E-state index contributed by atoms with van der Waals surface area (Å²) in [6.07, 6.45) is 0. The maximum atomic E-state index is 12.4. The molecule has 4 nitrogen and oxygen atoms in total. The molecule has 0 amide bonds. The van der Waals surface area contributed by atoms with E-state index in [1.807, 2.05) is 32.2 Å². The van der Waals surface area contributed by atoms with Gasteiger partial charge in [0.1, 0.15) is 0 Å². The van der Waals surface area contributed by atoms with Crippen molar-refractivity contribution < 1.29 is 8.42 Å². The van der Waals surface area contributed by atoms with Gasteiger partial charge < -0.3 is 4.57 Å². The van der Waals surface area contributed by atoms with Gasteiger partial charge in [-0.2, -0.15) is 8.42 Å². The van der Waals surface area contributed by atoms with Gasteiger partial charge in [0.15, 0.2) is 0 Å². The molecule has 0 radical (unpaired) electrons. The van der Waals surface area contributed by atoms with Crippen molar-refractivity contribution in [2.75, 3.05) is 0 Å². The number of hydrogen-bond donors (Lipinski definition) is 0. The van der Waals surface area contributed by atoms with Crippen LogP contribution in [0.15, 0.2) is 56.2 Å². The van der Waals surface area contributed by atoms with Crippen molar-refractivity contribution >= 4 is 47.5 Å². The van der Waals surface area contributed by atoms with Gasteiger partial charge >= 0.3 is 0 Å². The van der Waals surface area contributed by atoms with Crippen LogP contribution >= 0.6 is 27.3 Å². The fourth-order valence-electron chi connectivity index (χ4n) is 2.11. The van der Waals surface area contributed by atoms with E-state index in [2.05, 4.69) is 20.3 Å². The standard InChI is InChI=1S/C15H13BrN2O2S2/c1-10-6-8-11(9-7-10)22(19,20)17-15-18(2)14-12(16)4-3-5-13(14)21-15/h3-9H,1-2H3/b17-15-. The Labute approximate surface area is 140 Å². The third-order valence-corrected chi connectivity index (χ3v) is 6.42. The van der Waals surface area contributed by atoms with Crippen LogP contribution in [0.1, 0.15) is 5.56 Å². The van der Waals surface area contributed by atoms with E-state index in [-0.39, 0.29) is 4.90 Å². The van der Waals surface area contributed by atoms with E-state index in [1.165, 1.54) is 11.3 Å². The molecule has 1 heterocycles. The molecule has 1 aromatic heterocycles. The first-order chi connectivity index (χ1) is 10.4. The maximum absolute atomic E-state index is 12.4. The fraction of sp³-hybridized carbons (Fsp3) is 0.133. The molecule has 0 fully saturated rings. The summed E-state index contributed by atoms with van der Waals surface area (Å²) in [5, 5.41) is 0. The number of hydrogen-bond acceptors (Lipinski definition) is 3. The highest BCUT2D eigenvalue weighted by Crippen LogP contribution is 2.25. The quantitative estimate of drug-likeness (QED) is 0.664. The summed E-state index contributed by atoms with van der Waals surface area (Å²) in [4.78, 5) is 0.650. The smallest absolute Gasteiger partial charge is 0.285 e. The van der Waals surface area contributed by atoms with Crippen LogP contribution in [0.2, 0.25) is 0 Å². The molecule has 0 saturated heterocycles. The van der Waals surface area contributed by atoms with E-state index >= 15 is 0 Å². The van der Waals surface area contributed by atoms with Crippen molar-refractivity contribution in [1.29, 1.82) is 0 Å². The third-order valence-electron chi connectivity index (χ3n) is 3.29. The number of nitrogens with zero attached hydrogens (tertiary/aromatic N) is 2. The van der Waals surface area contributed by atoms with Crippen LogP contribution in [-0.2, 0) is 17.1 Å². The number of halogens is 1. The van der Waals surface area contributed by atoms with Crippen LogP contribution in [0.3, 0.4) is 0 Å². The summed E-state index contributed by atoms with van der Waals surface area (Å²) in [5.74, 6) is 0. The largest absolute Gasteiger partial charge is 0.318 e. The highest BCUT2D eigenvalue weighted by molar-refractivity contribution is 9.10. The Kier molecular flexibility index (Phi) is 3.96. The Balaban J connectivity index is 2.22. The van der Waals surface area contributed by atoms with Crippen LogP contribution in [0.4, 0.5) is 0 Å². The lowest BCUT2D eigenvalue weighted by molar-refractivity contribution is 0.596. The van der Waals surface area contributed by atoms with Gasteiger partial charge in [0.05, 0.1) is 15.1 Å². The molecule has 3 rings (SSSR count). The lowest BCUT2D eigenvalue weighted by Gasteiger charge is -2.00. The van der Waals surface area contributed by atoms with E-state index in [1.54, 1.807) is 28.8 Å². The van der Waals surface area contributed by atoms with Gasteiger partial charge in [-0.1, -0.05) is 35.1 Å². The molecule has 0 unspecified atom stereocenters. The highest BCUT2D eigenvalue weighted by Gasteiger charge is 2.14. The van der Waals surface area contributed by atoms with Crippen LogP contribution in [-0.4, -0.2) is 13.0 Å². The van der Waals surface area contributed by atoms with Gasteiger partial charge in [0, 0.05) is 11.5 Å². The summed E-state index contributed by atoms with van der Waals surface area (Å²) < 4.78 is 32.6. The molecule has 22 heavy (non-hydrogen) atoms. The van der Waals surface area contributed by atoms with Crippen LogP contribution in [0.25, 0.3) is 10.2 Å². The van der Waals surface area contributed by atoms with Crippen LogP contribution in [0, 0.1) is 6.92 Å². The van der Waals surface area contributed by atoms with Gasteiger partial charge in [-0.3, -0.25) is 0 Å². The van der Waals surface area contributed by atoms with E-state index < -0.39 is 10.0 Å². The van der Waals surface area contributed by atoms with Crippen molar-refractivity contribution in [1.82, 2.24) is 4.57 Å². The van der Waals surface area contributed by atoms with Crippen LogP contribution < -0.4 is 4.80 Å². The molecule has 0 aliphatic heterocycles. The minimum Gasteiger partial charge on any atom is -0.318 e. The summed E-state index contributed by atoms with van der Waals surface area (Å²) in [6, 6.07) is 12.5. The van der Waals surface area contributed by atoms with Crippen LogP contribution in [0.5, 0.6) is 0 Å². The second-order valence-electron chi connectivity index (χ2n) is 4.91. The Morgan fingerprint density at radius 3 is 2.45 bits per heavy atom. The Bertz CT molecular complexity index is 1020. The van der Waals surface area contributed by atoms with E-state index in [9.17, 15) is 8.42 Å². The molecule has 0 aliphatic carbocycles. The van der Waals surface area contributed by atoms with Crippen molar-refractivity contribution in [2.24, 2.45) is 11.4 Å². The number of para-hydroxylation sites is 1. The zero-order chi connectivity index (χ0) is 15.9. The number of sulfonamides is 1. The molecule has 0 saturated carbocycles. The van der Waals surface area contributed by atoms with Gasteiger partial charge in [0.25, 0.3) is 10.0 Å². The van der Waals surface area contributed by atoms with E-state index in [0.717, 1.165) is 20.3 Å². The zero-order valence-corrected chi connectivity index (χ0v) is 15.2. The number of benzene rings is 2. The number of aryl methyl sites for hydroxylation is 2. The molecule has 114 valence electrons. The first-order valence-electron chi connectivity index (χ1n) is 6.50. The number of rotatable bonds is 2. The normalized spacial score (nSPS) is 13.0. The minimum atomic E-state index is -3.71. The first-order valence-corrected chi connectivity index (χ1v) is 9.55. The topological polar surface area (TPSA) is 51.4 Å². The Morgan fingerprint density at radius 2 is 1.82 bits per heavy atom. The molecule has 0 spiro atoms.